The van der Waals surface area contributed by atoms with E-state index in [9.17, 15) is 4.79 Å². The molecule has 18 heavy (non-hydrogen) atoms. The van der Waals surface area contributed by atoms with E-state index in [1.807, 2.05) is 35.2 Å². The first-order valence-electron chi connectivity index (χ1n) is 6.50. The highest BCUT2D eigenvalue weighted by atomic mass is 32.2. The summed E-state index contributed by atoms with van der Waals surface area (Å²) < 4.78 is 0. The third-order valence-electron chi connectivity index (χ3n) is 3.08. The predicted octanol–water partition coefficient (Wildman–Crippen LogP) is 2.48. The highest BCUT2D eigenvalue weighted by Gasteiger charge is 2.27. The van der Waals surface area contributed by atoms with Crippen LogP contribution in [-0.2, 0) is 4.79 Å². The molecule has 2 rings (SSSR count). The quantitative estimate of drug-likeness (QED) is 0.887. The molecule has 0 aliphatic carbocycles. The van der Waals surface area contributed by atoms with Gasteiger partial charge < -0.3 is 4.90 Å². The normalized spacial score (nSPS) is 18.8. The number of nitrogens with zero attached hydrogens (tertiary/aromatic N) is 1. The van der Waals surface area contributed by atoms with Gasteiger partial charge in [0, 0.05) is 23.9 Å². The second-order valence-corrected chi connectivity index (χ2v) is 5.48. The summed E-state index contributed by atoms with van der Waals surface area (Å²) in [5.74, 6) is 1.97. The Morgan fingerprint density at radius 1 is 1.44 bits per heavy atom. The van der Waals surface area contributed by atoms with Crippen LogP contribution >= 0.6 is 11.8 Å². The van der Waals surface area contributed by atoms with Crippen LogP contribution < -0.4 is 10.2 Å². The Morgan fingerprint density at radius 3 is 2.83 bits per heavy atom. The molecule has 1 heterocycles. The van der Waals surface area contributed by atoms with Crippen molar-refractivity contribution in [1.29, 1.82) is 0 Å². The van der Waals surface area contributed by atoms with E-state index in [0.717, 1.165) is 36.7 Å². The fraction of sp³-hybridized carbons (Fsp3) is 0.500. The van der Waals surface area contributed by atoms with Gasteiger partial charge in [-0.25, -0.2) is 0 Å². The van der Waals surface area contributed by atoms with Gasteiger partial charge in [0.05, 0.1) is 6.04 Å². The van der Waals surface area contributed by atoms with Crippen molar-refractivity contribution in [3.63, 3.8) is 0 Å². The van der Waals surface area contributed by atoms with Crippen LogP contribution in [0, 0.1) is 0 Å². The van der Waals surface area contributed by atoms with Crippen molar-refractivity contribution in [1.82, 2.24) is 5.32 Å². The van der Waals surface area contributed by atoms with Crippen LogP contribution in [0.4, 0.5) is 5.69 Å². The summed E-state index contributed by atoms with van der Waals surface area (Å²) in [4.78, 5) is 14.4. The number of carbonyl (C=O) groups excluding carboxylic acids is 1. The molecule has 1 saturated heterocycles. The van der Waals surface area contributed by atoms with Crippen molar-refractivity contribution >= 4 is 23.4 Å². The van der Waals surface area contributed by atoms with Crippen LogP contribution in [0.2, 0.25) is 0 Å². The highest BCUT2D eigenvalue weighted by Crippen LogP contribution is 2.19. The van der Waals surface area contributed by atoms with Crippen LogP contribution in [0.1, 0.15) is 19.8 Å². The molecule has 1 aliphatic rings. The van der Waals surface area contributed by atoms with E-state index < -0.39 is 0 Å². The Balaban J connectivity index is 2.11. The molecular weight excluding hydrogens is 244 g/mol. The van der Waals surface area contributed by atoms with E-state index in [1.165, 1.54) is 0 Å². The number of anilines is 1. The fourth-order valence-electron chi connectivity index (χ4n) is 2.03. The van der Waals surface area contributed by atoms with Gasteiger partial charge in [-0.1, -0.05) is 31.5 Å². The van der Waals surface area contributed by atoms with E-state index in [4.69, 9.17) is 0 Å². The zero-order valence-corrected chi connectivity index (χ0v) is 11.6. The van der Waals surface area contributed by atoms with Gasteiger partial charge in [-0.2, -0.15) is 0 Å². The lowest BCUT2D eigenvalue weighted by molar-refractivity contribution is -0.119. The molecule has 0 bridgehead atoms. The third-order valence-corrected chi connectivity index (χ3v) is 4.02. The van der Waals surface area contributed by atoms with Crippen LogP contribution in [0.25, 0.3) is 0 Å². The number of hydrogen-bond acceptors (Lipinski definition) is 3. The SMILES string of the molecule is CCCCN(C(=O)C1CSCN1)c1ccccc1. The largest absolute Gasteiger partial charge is 0.311 e. The van der Waals surface area contributed by atoms with Gasteiger partial charge in [0.2, 0.25) is 5.91 Å². The van der Waals surface area contributed by atoms with Crippen molar-refractivity contribution in [2.75, 3.05) is 23.1 Å². The molecule has 1 aliphatic heterocycles. The monoisotopic (exact) mass is 264 g/mol. The number of para-hydroxylation sites is 1. The number of rotatable bonds is 5. The maximum absolute atomic E-state index is 12.5. The molecule has 1 aromatic carbocycles. The molecule has 1 fully saturated rings. The summed E-state index contributed by atoms with van der Waals surface area (Å²) in [6.07, 6.45) is 2.14. The van der Waals surface area contributed by atoms with Gasteiger partial charge >= 0.3 is 0 Å². The number of hydrogen-bond donors (Lipinski definition) is 1. The number of amides is 1. The second kappa shape index (κ2) is 6.81. The van der Waals surface area contributed by atoms with Gasteiger partial charge in [0.15, 0.2) is 0 Å². The van der Waals surface area contributed by atoms with Crippen LogP contribution in [0.15, 0.2) is 30.3 Å². The van der Waals surface area contributed by atoms with E-state index in [-0.39, 0.29) is 11.9 Å². The number of benzene rings is 1. The molecule has 1 atom stereocenters. The lowest BCUT2D eigenvalue weighted by atomic mass is 10.2. The zero-order chi connectivity index (χ0) is 12.8. The van der Waals surface area contributed by atoms with Gasteiger partial charge in [0.1, 0.15) is 0 Å². The zero-order valence-electron chi connectivity index (χ0n) is 10.8. The number of carbonyl (C=O) groups is 1. The number of nitrogens with one attached hydrogen (secondary N) is 1. The summed E-state index contributed by atoms with van der Waals surface area (Å²) in [6.45, 7) is 2.96. The number of thioether (sulfide) groups is 1. The van der Waals surface area contributed by atoms with E-state index in [1.54, 1.807) is 11.8 Å². The minimum Gasteiger partial charge on any atom is -0.311 e. The van der Waals surface area contributed by atoms with Gasteiger partial charge in [-0.3, -0.25) is 10.1 Å². The maximum atomic E-state index is 12.5. The lowest BCUT2D eigenvalue weighted by Crippen LogP contribution is -2.45. The Bertz CT molecular complexity index is 377. The summed E-state index contributed by atoms with van der Waals surface area (Å²) in [5.41, 5.74) is 1.01. The van der Waals surface area contributed by atoms with Crippen LogP contribution in [0.5, 0.6) is 0 Å². The first-order chi connectivity index (χ1) is 8.83. The minimum absolute atomic E-state index is 0.0212. The van der Waals surface area contributed by atoms with E-state index >= 15 is 0 Å². The summed E-state index contributed by atoms with van der Waals surface area (Å²) in [7, 11) is 0. The third kappa shape index (κ3) is 3.27. The molecule has 1 N–H and O–H groups in total. The average Bonchev–Trinajstić information content (AvgIpc) is 2.94. The molecule has 1 aromatic rings. The molecule has 1 unspecified atom stereocenters. The summed E-state index contributed by atoms with van der Waals surface area (Å²) in [5, 5.41) is 3.25. The van der Waals surface area contributed by atoms with E-state index in [0.29, 0.717) is 0 Å². The molecule has 98 valence electrons. The lowest BCUT2D eigenvalue weighted by Gasteiger charge is -2.25. The van der Waals surface area contributed by atoms with Gasteiger partial charge in [-0.05, 0) is 18.6 Å². The molecule has 0 saturated carbocycles. The Labute approximate surface area is 113 Å². The van der Waals surface area contributed by atoms with Crippen molar-refractivity contribution in [3.05, 3.63) is 30.3 Å². The fourth-order valence-corrected chi connectivity index (χ4v) is 2.97. The highest BCUT2D eigenvalue weighted by molar-refractivity contribution is 7.99. The van der Waals surface area contributed by atoms with Crippen molar-refractivity contribution < 1.29 is 4.79 Å². The second-order valence-electron chi connectivity index (χ2n) is 4.45. The van der Waals surface area contributed by atoms with Crippen molar-refractivity contribution in [3.8, 4) is 0 Å². The molecule has 4 heteroatoms. The topological polar surface area (TPSA) is 32.3 Å². The molecule has 3 nitrogen and oxygen atoms in total. The Hall–Kier alpha value is -1.00. The first-order valence-corrected chi connectivity index (χ1v) is 7.66. The summed E-state index contributed by atoms with van der Waals surface area (Å²) in [6, 6.07) is 9.95. The molecule has 0 radical (unpaired) electrons. The van der Waals surface area contributed by atoms with Crippen molar-refractivity contribution in [2.45, 2.75) is 25.8 Å². The Kier molecular flexibility index (Phi) is 5.08. The maximum Gasteiger partial charge on any atom is 0.244 e. The van der Waals surface area contributed by atoms with E-state index in [2.05, 4.69) is 12.2 Å². The average molecular weight is 264 g/mol. The van der Waals surface area contributed by atoms with Crippen molar-refractivity contribution in [2.24, 2.45) is 0 Å². The van der Waals surface area contributed by atoms with Crippen LogP contribution in [0.3, 0.4) is 0 Å². The molecular formula is C14H20N2OS. The predicted molar refractivity (Wildman–Crippen MR) is 78.0 cm³/mol. The standard InChI is InChI=1S/C14H20N2OS/c1-2-3-9-16(12-7-5-4-6-8-12)14(17)13-10-18-11-15-13/h4-8,13,15H,2-3,9-11H2,1H3. The molecule has 1 amide bonds. The first kappa shape index (κ1) is 13.4. The minimum atomic E-state index is -0.0212. The van der Waals surface area contributed by atoms with Gasteiger partial charge in [-0.15, -0.1) is 11.8 Å². The summed E-state index contributed by atoms with van der Waals surface area (Å²) >= 11 is 1.79. The molecule has 0 aromatic heterocycles. The van der Waals surface area contributed by atoms with Crippen LogP contribution in [-0.4, -0.2) is 30.1 Å². The number of unbranched alkanes of at least 4 members (excludes halogenated alkanes) is 1. The smallest absolute Gasteiger partial charge is 0.244 e. The molecule has 0 spiro atoms. The van der Waals surface area contributed by atoms with Gasteiger partial charge in [0.25, 0.3) is 0 Å². The Morgan fingerprint density at radius 2 is 2.22 bits per heavy atom.